The van der Waals surface area contributed by atoms with Crippen LogP contribution in [0.3, 0.4) is 0 Å². The highest BCUT2D eigenvalue weighted by Crippen LogP contribution is 2.16. The van der Waals surface area contributed by atoms with Gasteiger partial charge in [0.05, 0.1) is 18.2 Å². The van der Waals surface area contributed by atoms with E-state index in [1.54, 1.807) is 12.1 Å². The molecule has 0 saturated heterocycles. The number of Topliss-reactive ketones (excluding diaryl/α,β-unsaturated/α-hetero) is 1. The molecule has 25 heavy (non-hydrogen) atoms. The summed E-state index contributed by atoms with van der Waals surface area (Å²) in [7, 11) is 0. The van der Waals surface area contributed by atoms with Crippen LogP contribution in [0.4, 0.5) is 5.69 Å². The summed E-state index contributed by atoms with van der Waals surface area (Å²) in [4.78, 5) is 56.5. The third kappa shape index (κ3) is 6.03. The summed E-state index contributed by atoms with van der Waals surface area (Å²) in [6.45, 7) is 0. The third-order valence-corrected chi connectivity index (χ3v) is 3.20. The van der Waals surface area contributed by atoms with E-state index >= 15 is 0 Å². The summed E-state index contributed by atoms with van der Waals surface area (Å²) in [5.74, 6) is -3.80. The summed E-state index contributed by atoms with van der Waals surface area (Å²) in [5, 5.41) is 13.3. The van der Waals surface area contributed by atoms with Crippen molar-refractivity contribution in [1.82, 2.24) is 5.32 Å². The van der Waals surface area contributed by atoms with Crippen LogP contribution < -0.4 is 22.1 Å². The molecule has 134 valence electrons. The Balaban J connectivity index is 2.77. The van der Waals surface area contributed by atoms with Gasteiger partial charge in [-0.15, -0.1) is 0 Å². The van der Waals surface area contributed by atoms with Gasteiger partial charge in [-0.2, -0.15) is 0 Å². The van der Waals surface area contributed by atoms with Crippen molar-refractivity contribution >= 4 is 35.7 Å². The fourth-order valence-corrected chi connectivity index (χ4v) is 2.00. The summed E-state index contributed by atoms with van der Waals surface area (Å²) >= 11 is 0. The van der Waals surface area contributed by atoms with E-state index in [0.29, 0.717) is 6.41 Å². The molecule has 0 aliphatic heterocycles. The zero-order valence-corrected chi connectivity index (χ0v) is 13.1. The minimum Gasteiger partial charge on any atom is -0.480 e. The van der Waals surface area contributed by atoms with Crippen LogP contribution in [0.15, 0.2) is 24.3 Å². The number of nitrogens with two attached hydrogens (primary N) is 2. The lowest BCUT2D eigenvalue weighted by molar-refractivity contribution is -0.143. The van der Waals surface area contributed by atoms with Crippen molar-refractivity contribution < 1.29 is 29.1 Å². The maximum Gasteiger partial charge on any atom is 0.326 e. The molecule has 10 nitrogen and oxygen atoms in total. The van der Waals surface area contributed by atoms with Gasteiger partial charge in [0.2, 0.25) is 18.2 Å². The molecule has 10 heteroatoms. The quantitative estimate of drug-likeness (QED) is 0.254. The maximum atomic E-state index is 12.2. The van der Waals surface area contributed by atoms with Crippen molar-refractivity contribution in [2.45, 2.75) is 24.9 Å². The topological polar surface area (TPSA) is 182 Å². The van der Waals surface area contributed by atoms with Crippen molar-refractivity contribution in [3.05, 3.63) is 29.8 Å². The number of carbonyl (C=O) groups is 5. The Labute approximate surface area is 142 Å². The minimum atomic E-state index is -1.53. The highest BCUT2D eigenvalue weighted by Gasteiger charge is 2.26. The van der Waals surface area contributed by atoms with Gasteiger partial charge in [0.1, 0.15) is 6.04 Å². The Kier molecular flexibility index (Phi) is 7.22. The number of primary amides is 1. The van der Waals surface area contributed by atoms with E-state index in [9.17, 15) is 24.0 Å². The summed E-state index contributed by atoms with van der Waals surface area (Å²) in [5.41, 5.74) is 11.0. The zero-order valence-electron chi connectivity index (χ0n) is 13.1. The minimum absolute atomic E-state index is 0.157. The molecule has 3 amide bonds. The first-order valence-corrected chi connectivity index (χ1v) is 7.15. The number of carboxylic acids is 1. The van der Waals surface area contributed by atoms with Crippen LogP contribution in [0.2, 0.25) is 0 Å². The smallest absolute Gasteiger partial charge is 0.326 e. The van der Waals surface area contributed by atoms with Crippen LogP contribution in [0.5, 0.6) is 0 Å². The SMILES string of the molecule is NC(=O)CC(NC(=O)C(N)CC(=O)c1ccccc1NC=O)C(=O)O. The van der Waals surface area contributed by atoms with Crippen LogP contribution in [0.25, 0.3) is 0 Å². The molecule has 2 unspecified atom stereocenters. The van der Waals surface area contributed by atoms with E-state index in [-0.39, 0.29) is 11.3 Å². The number of amides is 3. The third-order valence-electron chi connectivity index (χ3n) is 3.20. The first-order valence-electron chi connectivity index (χ1n) is 7.15. The maximum absolute atomic E-state index is 12.2. The van der Waals surface area contributed by atoms with Crippen molar-refractivity contribution in [1.29, 1.82) is 0 Å². The largest absolute Gasteiger partial charge is 0.480 e. The molecular weight excluding hydrogens is 332 g/mol. The molecule has 0 aliphatic rings. The molecule has 0 aromatic heterocycles. The summed E-state index contributed by atoms with van der Waals surface area (Å²) in [6.07, 6.45) is -0.625. The predicted molar refractivity (Wildman–Crippen MR) is 86.4 cm³/mol. The number of rotatable bonds is 10. The number of aliphatic carboxylic acids is 1. The number of carboxylic acid groups (broad SMARTS) is 1. The average molecular weight is 350 g/mol. The van der Waals surface area contributed by atoms with Crippen molar-refractivity contribution in [3.8, 4) is 0 Å². The molecule has 0 bridgehead atoms. The Morgan fingerprint density at radius 2 is 1.80 bits per heavy atom. The fourth-order valence-electron chi connectivity index (χ4n) is 2.00. The molecule has 2 atom stereocenters. The molecule has 1 aromatic carbocycles. The van der Waals surface area contributed by atoms with Crippen molar-refractivity contribution in [2.75, 3.05) is 5.32 Å². The van der Waals surface area contributed by atoms with E-state index in [1.165, 1.54) is 12.1 Å². The van der Waals surface area contributed by atoms with Gasteiger partial charge in [0, 0.05) is 12.0 Å². The van der Waals surface area contributed by atoms with Crippen LogP contribution in [0, 0.1) is 0 Å². The van der Waals surface area contributed by atoms with Gasteiger partial charge < -0.3 is 27.2 Å². The predicted octanol–water partition coefficient (Wildman–Crippen LogP) is -1.40. The molecule has 1 rings (SSSR count). The fraction of sp³-hybridized carbons (Fsp3) is 0.267. The zero-order chi connectivity index (χ0) is 19.0. The van der Waals surface area contributed by atoms with Gasteiger partial charge >= 0.3 is 5.97 Å². The van der Waals surface area contributed by atoms with Gasteiger partial charge in [0.25, 0.3) is 0 Å². The summed E-state index contributed by atoms with van der Waals surface area (Å²) in [6, 6.07) is 3.26. The number of anilines is 1. The van der Waals surface area contributed by atoms with Gasteiger partial charge in [-0.1, -0.05) is 12.1 Å². The molecule has 1 aromatic rings. The van der Waals surface area contributed by atoms with Gasteiger partial charge in [0.15, 0.2) is 5.78 Å². The highest BCUT2D eigenvalue weighted by atomic mass is 16.4. The molecule has 0 spiro atoms. The lowest BCUT2D eigenvalue weighted by Crippen LogP contribution is -2.50. The number of carbonyl (C=O) groups excluding carboxylic acids is 4. The Morgan fingerprint density at radius 3 is 2.36 bits per heavy atom. The van der Waals surface area contributed by atoms with Gasteiger partial charge in [-0.3, -0.25) is 19.2 Å². The van der Waals surface area contributed by atoms with Crippen molar-refractivity contribution in [3.63, 3.8) is 0 Å². The highest BCUT2D eigenvalue weighted by molar-refractivity contribution is 6.05. The van der Waals surface area contributed by atoms with E-state index in [4.69, 9.17) is 16.6 Å². The number of hydrogen-bond donors (Lipinski definition) is 5. The van der Waals surface area contributed by atoms with Crippen LogP contribution in [-0.4, -0.2) is 47.2 Å². The van der Waals surface area contributed by atoms with Crippen LogP contribution in [-0.2, 0) is 19.2 Å². The van der Waals surface area contributed by atoms with Gasteiger partial charge in [-0.05, 0) is 12.1 Å². The second-order valence-corrected chi connectivity index (χ2v) is 5.11. The van der Waals surface area contributed by atoms with Crippen LogP contribution >= 0.6 is 0 Å². The molecule has 0 radical (unpaired) electrons. The second kappa shape index (κ2) is 9.13. The van der Waals surface area contributed by atoms with Crippen LogP contribution in [0.1, 0.15) is 23.2 Å². The number of nitrogens with one attached hydrogen (secondary N) is 2. The number of para-hydroxylation sites is 1. The van der Waals surface area contributed by atoms with E-state index in [1.807, 2.05) is 0 Å². The lowest BCUT2D eigenvalue weighted by Gasteiger charge is -2.17. The first kappa shape index (κ1) is 19.8. The molecule has 0 heterocycles. The van der Waals surface area contributed by atoms with E-state index < -0.39 is 48.5 Å². The lowest BCUT2D eigenvalue weighted by atomic mass is 10.0. The number of ketones is 1. The average Bonchev–Trinajstić information content (AvgIpc) is 2.54. The first-order chi connectivity index (χ1) is 11.8. The second-order valence-electron chi connectivity index (χ2n) is 5.11. The molecule has 7 N–H and O–H groups in total. The van der Waals surface area contributed by atoms with Gasteiger partial charge in [-0.25, -0.2) is 4.79 Å². The molecule has 0 aliphatic carbocycles. The van der Waals surface area contributed by atoms with E-state index in [2.05, 4.69) is 10.6 Å². The standard InChI is InChI=1S/C15H18N4O6/c16-9(14(23)19-11(15(24)25)6-13(17)22)5-12(21)8-3-1-2-4-10(8)18-7-20/h1-4,7,9,11H,5-6,16H2,(H2,17,22)(H,18,20)(H,19,23)(H,24,25). The Bertz CT molecular complexity index is 690. The Hall–Kier alpha value is -3.27. The number of benzene rings is 1. The molecular formula is C15H18N4O6. The molecule has 0 saturated carbocycles. The van der Waals surface area contributed by atoms with Crippen molar-refractivity contribution in [2.24, 2.45) is 11.5 Å². The number of hydrogen-bond acceptors (Lipinski definition) is 6. The summed E-state index contributed by atoms with van der Waals surface area (Å²) < 4.78 is 0. The molecule has 0 fully saturated rings. The monoisotopic (exact) mass is 350 g/mol. The normalized spacial score (nSPS) is 12.5. The Morgan fingerprint density at radius 1 is 1.16 bits per heavy atom. The van der Waals surface area contributed by atoms with E-state index in [0.717, 1.165) is 0 Å².